The van der Waals surface area contributed by atoms with Gasteiger partial charge in [0.05, 0.1) is 4.92 Å². The molecule has 134 valence electrons. The molecule has 0 radical (unpaired) electrons. The first-order valence-corrected chi connectivity index (χ1v) is 9.14. The summed E-state index contributed by atoms with van der Waals surface area (Å²) in [6, 6.07) is 15.5. The highest BCUT2D eigenvalue weighted by Crippen LogP contribution is 2.43. The standard InChI is InChI=1S/C18H17N3O3S2/c1-18(2)16(20(17(25)26-18)14-8-4-3-5-9-14)19(22)12-13-7-6-10-15(11-13)21(23)24/h3-12,16H,1-2H3/b19-12-/t16-/m1/s1. The van der Waals surface area contributed by atoms with Crippen molar-refractivity contribution in [3.8, 4) is 0 Å². The van der Waals surface area contributed by atoms with E-state index < -0.39 is 15.8 Å². The summed E-state index contributed by atoms with van der Waals surface area (Å²) in [7, 11) is 0. The molecule has 1 atom stereocenters. The monoisotopic (exact) mass is 387 g/mol. The molecule has 0 aliphatic carbocycles. The van der Waals surface area contributed by atoms with Crippen molar-refractivity contribution in [1.29, 1.82) is 0 Å². The lowest BCUT2D eigenvalue weighted by molar-refractivity contribution is -0.497. The maximum absolute atomic E-state index is 13.0. The number of nitro groups is 1. The Morgan fingerprint density at radius 1 is 1.15 bits per heavy atom. The molecule has 1 heterocycles. The van der Waals surface area contributed by atoms with Gasteiger partial charge in [-0.15, -0.1) is 0 Å². The smallest absolute Gasteiger partial charge is 0.270 e. The summed E-state index contributed by atoms with van der Waals surface area (Å²) in [5.74, 6) is 0. The molecule has 0 unspecified atom stereocenters. The van der Waals surface area contributed by atoms with E-state index in [0.717, 1.165) is 10.4 Å². The van der Waals surface area contributed by atoms with Gasteiger partial charge < -0.3 is 5.21 Å². The largest absolute Gasteiger partial charge is 0.622 e. The summed E-state index contributed by atoms with van der Waals surface area (Å²) in [6.45, 7) is 3.92. The van der Waals surface area contributed by atoms with Crippen molar-refractivity contribution in [2.45, 2.75) is 24.8 Å². The Kier molecular flexibility index (Phi) is 4.97. The van der Waals surface area contributed by atoms with Crippen LogP contribution < -0.4 is 4.90 Å². The summed E-state index contributed by atoms with van der Waals surface area (Å²) in [6.07, 6.45) is 0.811. The quantitative estimate of drug-likeness (QED) is 0.196. The van der Waals surface area contributed by atoms with Crippen LogP contribution in [0.3, 0.4) is 0 Å². The van der Waals surface area contributed by atoms with Crippen LogP contribution in [0.1, 0.15) is 19.4 Å². The molecule has 0 saturated carbocycles. The van der Waals surface area contributed by atoms with Crippen LogP contribution in [0.15, 0.2) is 54.6 Å². The summed E-state index contributed by atoms with van der Waals surface area (Å²) in [4.78, 5) is 12.3. The zero-order valence-corrected chi connectivity index (χ0v) is 15.9. The molecule has 26 heavy (non-hydrogen) atoms. The molecule has 0 spiro atoms. The normalized spacial score (nSPS) is 19.6. The number of thioether (sulfide) groups is 1. The van der Waals surface area contributed by atoms with E-state index in [2.05, 4.69) is 0 Å². The minimum absolute atomic E-state index is 0.0531. The van der Waals surface area contributed by atoms with Gasteiger partial charge in [-0.05, 0) is 32.0 Å². The van der Waals surface area contributed by atoms with Crippen molar-refractivity contribution in [2.24, 2.45) is 0 Å². The van der Waals surface area contributed by atoms with E-state index in [0.29, 0.717) is 9.88 Å². The molecule has 2 aromatic carbocycles. The number of non-ortho nitro benzene ring substituents is 1. The minimum atomic E-state index is -0.568. The zero-order valence-electron chi connectivity index (χ0n) is 14.2. The first-order chi connectivity index (χ1) is 12.3. The number of thiocarbonyl (C=S) groups is 1. The number of nitro benzene ring substituents is 1. The second-order valence-corrected chi connectivity index (χ2v) is 8.68. The van der Waals surface area contributed by atoms with Gasteiger partial charge in [0.25, 0.3) is 11.9 Å². The number of rotatable bonds is 4. The van der Waals surface area contributed by atoms with Gasteiger partial charge in [-0.2, -0.15) is 4.74 Å². The highest BCUT2D eigenvalue weighted by molar-refractivity contribution is 8.24. The van der Waals surface area contributed by atoms with Crippen LogP contribution in [-0.4, -0.2) is 31.1 Å². The van der Waals surface area contributed by atoms with Gasteiger partial charge in [0.15, 0.2) is 6.21 Å². The highest BCUT2D eigenvalue weighted by Gasteiger charge is 2.51. The Balaban J connectivity index is 2.02. The van der Waals surface area contributed by atoms with E-state index >= 15 is 0 Å². The third kappa shape index (κ3) is 3.56. The van der Waals surface area contributed by atoms with Crippen LogP contribution in [0.25, 0.3) is 0 Å². The van der Waals surface area contributed by atoms with Crippen LogP contribution in [-0.2, 0) is 0 Å². The molecule has 0 N–H and O–H groups in total. The van der Waals surface area contributed by atoms with E-state index in [1.807, 2.05) is 49.1 Å². The number of hydroxylamine groups is 1. The number of hydrogen-bond acceptors (Lipinski definition) is 5. The van der Waals surface area contributed by atoms with Crippen LogP contribution >= 0.6 is 24.0 Å². The fraction of sp³-hybridized carbons (Fsp3) is 0.222. The lowest BCUT2D eigenvalue weighted by atomic mass is 10.1. The summed E-state index contributed by atoms with van der Waals surface area (Å²) in [5, 5.41) is 24.0. The minimum Gasteiger partial charge on any atom is -0.622 e. The van der Waals surface area contributed by atoms with Gasteiger partial charge in [-0.3, -0.25) is 15.0 Å². The zero-order chi connectivity index (χ0) is 18.9. The SMILES string of the molecule is CC1(C)SC(=S)N(c2ccccc2)[C@H]1/[N+]([O-])=C/c1cccc([N+](=O)[O-])c1. The van der Waals surface area contributed by atoms with Gasteiger partial charge in [0.1, 0.15) is 9.07 Å². The van der Waals surface area contributed by atoms with Crippen molar-refractivity contribution in [2.75, 3.05) is 4.90 Å². The van der Waals surface area contributed by atoms with Crippen molar-refractivity contribution in [3.05, 3.63) is 75.5 Å². The maximum atomic E-state index is 13.0. The van der Waals surface area contributed by atoms with Crippen molar-refractivity contribution in [1.82, 2.24) is 0 Å². The Morgan fingerprint density at radius 2 is 1.85 bits per heavy atom. The molecular formula is C18H17N3O3S2. The van der Waals surface area contributed by atoms with Gasteiger partial charge in [-0.25, -0.2) is 0 Å². The van der Waals surface area contributed by atoms with E-state index in [-0.39, 0.29) is 5.69 Å². The fourth-order valence-corrected chi connectivity index (χ4v) is 4.85. The topological polar surface area (TPSA) is 72.5 Å². The predicted molar refractivity (Wildman–Crippen MR) is 109 cm³/mol. The number of nitrogens with zero attached hydrogens (tertiary/aromatic N) is 3. The summed E-state index contributed by atoms with van der Waals surface area (Å²) >= 11 is 6.98. The van der Waals surface area contributed by atoms with E-state index in [1.165, 1.54) is 30.1 Å². The highest BCUT2D eigenvalue weighted by atomic mass is 32.2. The van der Waals surface area contributed by atoms with Crippen LogP contribution in [0.4, 0.5) is 11.4 Å². The van der Waals surface area contributed by atoms with E-state index in [1.54, 1.807) is 12.1 Å². The average Bonchev–Trinajstić information content (AvgIpc) is 2.84. The maximum Gasteiger partial charge on any atom is 0.270 e. The third-order valence-corrected chi connectivity index (χ3v) is 5.60. The van der Waals surface area contributed by atoms with Crippen LogP contribution in [0.5, 0.6) is 0 Å². The third-order valence-electron chi connectivity index (χ3n) is 4.05. The molecule has 1 aliphatic rings. The van der Waals surface area contributed by atoms with E-state index in [4.69, 9.17) is 12.2 Å². The number of para-hydroxylation sites is 1. The molecule has 8 heteroatoms. The number of hydrogen-bond donors (Lipinski definition) is 0. The number of benzene rings is 2. The lowest BCUT2D eigenvalue weighted by Crippen LogP contribution is -2.48. The Hall–Kier alpha value is -2.45. The second-order valence-electron chi connectivity index (χ2n) is 6.39. The Labute approximate surface area is 160 Å². The molecule has 1 saturated heterocycles. The van der Waals surface area contributed by atoms with Crippen LogP contribution in [0, 0.1) is 15.3 Å². The van der Waals surface area contributed by atoms with Gasteiger partial charge >= 0.3 is 0 Å². The molecule has 1 aliphatic heterocycles. The lowest BCUT2D eigenvalue weighted by Gasteiger charge is -2.29. The predicted octanol–water partition coefficient (Wildman–Crippen LogP) is 4.17. The Bertz CT molecular complexity index is 884. The second kappa shape index (κ2) is 7.05. The van der Waals surface area contributed by atoms with Gasteiger partial charge in [-0.1, -0.05) is 48.2 Å². The van der Waals surface area contributed by atoms with Crippen LogP contribution in [0.2, 0.25) is 0 Å². The van der Waals surface area contributed by atoms with Crippen molar-refractivity contribution >= 4 is 45.9 Å². The molecule has 2 aromatic rings. The molecule has 1 fully saturated rings. The molecule has 0 amide bonds. The van der Waals surface area contributed by atoms with E-state index in [9.17, 15) is 15.3 Å². The van der Waals surface area contributed by atoms with Gasteiger partial charge in [0.2, 0.25) is 0 Å². The molecule has 6 nitrogen and oxygen atoms in total. The molecular weight excluding hydrogens is 370 g/mol. The molecule has 3 rings (SSSR count). The molecule has 0 bridgehead atoms. The average molecular weight is 387 g/mol. The Morgan fingerprint density at radius 3 is 2.50 bits per heavy atom. The van der Waals surface area contributed by atoms with Crippen molar-refractivity contribution < 1.29 is 9.66 Å². The van der Waals surface area contributed by atoms with Crippen molar-refractivity contribution in [3.63, 3.8) is 0 Å². The van der Waals surface area contributed by atoms with Gasteiger partial charge in [0, 0.05) is 23.4 Å². The summed E-state index contributed by atoms with van der Waals surface area (Å²) < 4.78 is 1.00. The first kappa shape index (κ1) is 18.3. The molecule has 0 aromatic heterocycles. The first-order valence-electron chi connectivity index (χ1n) is 7.91. The number of anilines is 1. The fourth-order valence-electron chi connectivity index (χ4n) is 2.93. The summed E-state index contributed by atoms with van der Waals surface area (Å²) in [5.41, 5.74) is 1.26.